The van der Waals surface area contributed by atoms with E-state index in [2.05, 4.69) is 25.6 Å². The summed E-state index contributed by atoms with van der Waals surface area (Å²) in [4.78, 5) is 24.6. The average molecular weight is 345 g/mol. The zero-order chi connectivity index (χ0) is 17.8. The molecule has 26 heavy (non-hydrogen) atoms. The number of nitrogens with one attached hydrogen (secondary N) is 2. The molecule has 0 aliphatic heterocycles. The molecule has 3 heterocycles. The summed E-state index contributed by atoms with van der Waals surface area (Å²) in [6.07, 6.45) is 6.87. The lowest BCUT2D eigenvalue weighted by Crippen LogP contribution is -2.14. The lowest BCUT2D eigenvalue weighted by molar-refractivity contribution is -0.115. The van der Waals surface area contributed by atoms with E-state index < -0.39 is 0 Å². The summed E-state index contributed by atoms with van der Waals surface area (Å²) in [6, 6.07) is 13.2. The molecule has 0 fully saturated rings. The van der Waals surface area contributed by atoms with E-state index in [1.807, 2.05) is 30.3 Å². The second-order valence-electron chi connectivity index (χ2n) is 5.65. The third kappa shape index (κ3) is 3.67. The Balaban J connectivity index is 1.48. The molecule has 0 aliphatic carbocycles. The van der Waals surface area contributed by atoms with Gasteiger partial charge in [-0.3, -0.25) is 14.8 Å². The van der Waals surface area contributed by atoms with Crippen LogP contribution in [0.15, 0.2) is 71.7 Å². The standard InChI is InChI=1S/C19H15N5O2/c25-18(22-14-3-1-7-20-11-14)10-13-5-6-16-17(9-13)26-19(24-16)23-15-4-2-8-21-12-15/h1-9,11-12H,10H2,(H,22,25)(H,23,24). The molecule has 0 saturated heterocycles. The van der Waals surface area contributed by atoms with E-state index in [1.165, 1.54) is 0 Å². The van der Waals surface area contributed by atoms with Crippen molar-refractivity contribution >= 4 is 34.4 Å². The molecule has 7 nitrogen and oxygen atoms in total. The topological polar surface area (TPSA) is 92.9 Å². The number of hydrogen-bond donors (Lipinski definition) is 2. The van der Waals surface area contributed by atoms with Crippen molar-refractivity contribution in [1.29, 1.82) is 0 Å². The smallest absolute Gasteiger partial charge is 0.300 e. The number of amides is 1. The van der Waals surface area contributed by atoms with Gasteiger partial charge in [-0.1, -0.05) is 6.07 Å². The zero-order valence-electron chi connectivity index (χ0n) is 13.7. The Hall–Kier alpha value is -3.74. The SMILES string of the molecule is O=C(Cc1ccc2nc(Nc3cccnc3)oc2c1)Nc1cccnc1. The van der Waals surface area contributed by atoms with Crippen molar-refractivity contribution in [3.05, 3.63) is 72.8 Å². The first-order valence-electron chi connectivity index (χ1n) is 8.03. The Labute approximate surface area is 149 Å². The highest BCUT2D eigenvalue weighted by Gasteiger charge is 2.09. The molecule has 0 aliphatic rings. The Morgan fingerprint density at radius 3 is 2.50 bits per heavy atom. The number of anilines is 3. The van der Waals surface area contributed by atoms with Gasteiger partial charge in [0.2, 0.25) is 5.91 Å². The fourth-order valence-corrected chi connectivity index (χ4v) is 2.52. The third-order valence-electron chi connectivity index (χ3n) is 3.68. The highest BCUT2D eigenvalue weighted by Crippen LogP contribution is 2.23. The maximum Gasteiger partial charge on any atom is 0.300 e. The lowest BCUT2D eigenvalue weighted by atomic mass is 10.1. The van der Waals surface area contributed by atoms with Crippen molar-refractivity contribution < 1.29 is 9.21 Å². The van der Waals surface area contributed by atoms with Crippen molar-refractivity contribution in [3.8, 4) is 0 Å². The molecule has 1 aromatic carbocycles. The molecule has 4 aromatic rings. The fraction of sp³-hybridized carbons (Fsp3) is 0.0526. The lowest BCUT2D eigenvalue weighted by Gasteiger charge is -2.04. The molecule has 7 heteroatoms. The van der Waals surface area contributed by atoms with Crippen LogP contribution >= 0.6 is 0 Å². The van der Waals surface area contributed by atoms with E-state index in [-0.39, 0.29) is 12.3 Å². The van der Waals surface area contributed by atoms with Gasteiger partial charge in [0.05, 0.1) is 30.2 Å². The molecule has 0 atom stereocenters. The van der Waals surface area contributed by atoms with Gasteiger partial charge in [-0.25, -0.2) is 0 Å². The van der Waals surface area contributed by atoms with Crippen molar-refractivity contribution in [3.63, 3.8) is 0 Å². The largest absolute Gasteiger partial charge is 0.423 e. The maximum absolute atomic E-state index is 12.2. The van der Waals surface area contributed by atoms with Gasteiger partial charge in [-0.05, 0) is 42.0 Å². The molecule has 128 valence electrons. The second kappa shape index (κ2) is 7.02. The number of carbonyl (C=O) groups is 1. The van der Waals surface area contributed by atoms with Crippen LogP contribution in [0.5, 0.6) is 0 Å². The minimum atomic E-state index is -0.120. The van der Waals surface area contributed by atoms with Crippen molar-refractivity contribution in [2.45, 2.75) is 6.42 Å². The van der Waals surface area contributed by atoms with Crippen molar-refractivity contribution in [2.75, 3.05) is 10.6 Å². The molecule has 0 saturated carbocycles. The van der Waals surface area contributed by atoms with E-state index in [9.17, 15) is 4.79 Å². The van der Waals surface area contributed by atoms with Crippen LogP contribution in [0.3, 0.4) is 0 Å². The molecule has 0 radical (unpaired) electrons. The van der Waals surface area contributed by atoms with Gasteiger partial charge in [-0.15, -0.1) is 0 Å². The first-order chi connectivity index (χ1) is 12.8. The van der Waals surface area contributed by atoms with Gasteiger partial charge in [0, 0.05) is 12.4 Å². The van der Waals surface area contributed by atoms with Crippen LogP contribution < -0.4 is 10.6 Å². The van der Waals surface area contributed by atoms with E-state index in [0.29, 0.717) is 22.8 Å². The number of oxazole rings is 1. The Kier molecular flexibility index (Phi) is 4.26. The molecule has 4 rings (SSSR count). The van der Waals surface area contributed by atoms with Crippen molar-refractivity contribution in [1.82, 2.24) is 15.0 Å². The highest BCUT2D eigenvalue weighted by molar-refractivity contribution is 5.92. The molecule has 3 aromatic heterocycles. The molecule has 1 amide bonds. The Morgan fingerprint density at radius 2 is 1.77 bits per heavy atom. The summed E-state index contributed by atoms with van der Waals surface area (Å²) < 4.78 is 5.72. The maximum atomic E-state index is 12.2. The number of hydrogen-bond acceptors (Lipinski definition) is 6. The normalized spacial score (nSPS) is 10.6. The van der Waals surface area contributed by atoms with Gasteiger partial charge < -0.3 is 15.1 Å². The van der Waals surface area contributed by atoms with Crippen molar-refractivity contribution in [2.24, 2.45) is 0 Å². The zero-order valence-corrected chi connectivity index (χ0v) is 13.7. The second-order valence-corrected chi connectivity index (χ2v) is 5.65. The summed E-state index contributed by atoms with van der Waals surface area (Å²) in [5.41, 5.74) is 3.62. The summed E-state index contributed by atoms with van der Waals surface area (Å²) >= 11 is 0. The number of rotatable bonds is 5. The number of pyridine rings is 2. The summed E-state index contributed by atoms with van der Waals surface area (Å²) in [7, 11) is 0. The third-order valence-corrected chi connectivity index (χ3v) is 3.68. The van der Waals surface area contributed by atoms with Gasteiger partial charge >= 0.3 is 0 Å². The number of aromatic nitrogens is 3. The first-order valence-corrected chi connectivity index (χ1v) is 8.03. The first kappa shape index (κ1) is 15.8. The Bertz CT molecular complexity index is 1030. The van der Waals surface area contributed by atoms with Crippen LogP contribution in [-0.4, -0.2) is 20.9 Å². The van der Waals surface area contributed by atoms with Gasteiger partial charge in [0.25, 0.3) is 6.01 Å². The van der Waals surface area contributed by atoms with Gasteiger partial charge in [0.1, 0.15) is 5.52 Å². The predicted molar refractivity (Wildman–Crippen MR) is 98.1 cm³/mol. The van der Waals surface area contributed by atoms with Crippen LogP contribution in [0.25, 0.3) is 11.1 Å². The Morgan fingerprint density at radius 1 is 1.00 bits per heavy atom. The van der Waals surface area contributed by atoms with Gasteiger partial charge in [0.15, 0.2) is 5.58 Å². The number of carbonyl (C=O) groups excluding carboxylic acids is 1. The fourth-order valence-electron chi connectivity index (χ4n) is 2.52. The average Bonchev–Trinajstić information content (AvgIpc) is 3.05. The van der Waals surface area contributed by atoms with E-state index >= 15 is 0 Å². The minimum absolute atomic E-state index is 0.120. The van der Waals surface area contributed by atoms with E-state index in [4.69, 9.17) is 4.42 Å². The summed E-state index contributed by atoms with van der Waals surface area (Å²) in [6.45, 7) is 0. The minimum Gasteiger partial charge on any atom is -0.423 e. The number of fused-ring (bicyclic) bond motifs is 1. The molecule has 0 bridgehead atoms. The number of nitrogens with zero attached hydrogens (tertiary/aromatic N) is 3. The van der Waals surface area contributed by atoms with E-state index in [1.54, 1.807) is 36.9 Å². The van der Waals surface area contributed by atoms with Crippen LogP contribution in [0.2, 0.25) is 0 Å². The molecule has 0 spiro atoms. The summed E-state index contributed by atoms with van der Waals surface area (Å²) in [5, 5.41) is 5.87. The quantitative estimate of drug-likeness (QED) is 0.575. The summed E-state index contributed by atoms with van der Waals surface area (Å²) in [5.74, 6) is -0.120. The van der Waals surface area contributed by atoms with Crippen LogP contribution in [0.1, 0.15) is 5.56 Å². The molecular formula is C19H15N5O2. The highest BCUT2D eigenvalue weighted by atomic mass is 16.4. The molecule has 2 N–H and O–H groups in total. The monoisotopic (exact) mass is 345 g/mol. The van der Waals surface area contributed by atoms with Crippen LogP contribution in [0, 0.1) is 0 Å². The van der Waals surface area contributed by atoms with Gasteiger partial charge in [-0.2, -0.15) is 4.98 Å². The number of benzene rings is 1. The van der Waals surface area contributed by atoms with Crippen LogP contribution in [-0.2, 0) is 11.2 Å². The molecule has 0 unspecified atom stereocenters. The molecular weight excluding hydrogens is 330 g/mol. The van der Waals surface area contributed by atoms with Crippen LogP contribution in [0.4, 0.5) is 17.4 Å². The predicted octanol–water partition coefficient (Wildman–Crippen LogP) is 3.54. The van der Waals surface area contributed by atoms with E-state index in [0.717, 1.165) is 11.3 Å².